The molecule has 21 heavy (non-hydrogen) atoms. The van der Waals surface area contributed by atoms with Crippen molar-refractivity contribution in [2.45, 2.75) is 44.2 Å². The van der Waals surface area contributed by atoms with Crippen molar-refractivity contribution in [3.8, 4) is 0 Å². The smallest absolute Gasteiger partial charge is 0.0502 e. The minimum absolute atomic E-state index is 0.152. The number of nitrogens with two attached hydrogens (primary N) is 1. The van der Waals surface area contributed by atoms with Crippen LogP contribution in [0.2, 0.25) is 0 Å². The van der Waals surface area contributed by atoms with Crippen LogP contribution in [0.4, 0.5) is 0 Å². The van der Waals surface area contributed by atoms with E-state index in [4.69, 9.17) is 10.5 Å². The SMILES string of the molecule is COCC1CCCN(C2CC(C)c3ccccc3C2N)C1. The summed E-state index contributed by atoms with van der Waals surface area (Å²) < 4.78 is 5.36. The van der Waals surface area contributed by atoms with Gasteiger partial charge in [0.1, 0.15) is 0 Å². The molecule has 3 nitrogen and oxygen atoms in total. The van der Waals surface area contributed by atoms with Crippen molar-refractivity contribution in [3.05, 3.63) is 35.4 Å². The first-order valence-electron chi connectivity index (χ1n) is 8.28. The lowest BCUT2D eigenvalue weighted by atomic mass is 9.77. The van der Waals surface area contributed by atoms with E-state index in [9.17, 15) is 0 Å². The number of methoxy groups -OCH3 is 1. The van der Waals surface area contributed by atoms with Gasteiger partial charge in [-0.3, -0.25) is 4.90 Å². The second-order valence-corrected chi connectivity index (χ2v) is 6.82. The molecule has 1 aromatic rings. The normalized spacial score (nSPS) is 33.7. The summed E-state index contributed by atoms with van der Waals surface area (Å²) in [5.41, 5.74) is 9.44. The van der Waals surface area contributed by atoms with Gasteiger partial charge in [0, 0.05) is 25.7 Å². The first kappa shape index (κ1) is 15.0. The summed E-state index contributed by atoms with van der Waals surface area (Å²) in [5, 5.41) is 0. The van der Waals surface area contributed by atoms with Crippen molar-refractivity contribution < 1.29 is 4.74 Å². The maximum absolute atomic E-state index is 6.63. The number of piperidine rings is 1. The summed E-state index contributed by atoms with van der Waals surface area (Å²) in [4.78, 5) is 2.63. The van der Waals surface area contributed by atoms with Crippen LogP contribution >= 0.6 is 0 Å². The molecule has 4 unspecified atom stereocenters. The quantitative estimate of drug-likeness (QED) is 0.929. The summed E-state index contributed by atoms with van der Waals surface area (Å²) in [7, 11) is 1.81. The van der Waals surface area contributed by atoms with E-state index in [1.165, 1.54) is 36.9 Å². The molecule has 0 spiro atoms. The number of benzene rings is 1. The van der Waals surface area contributed by atoms with E-state index in [2.05, 4.69) is 36.1 Å². The highest BCUT2D eigenvalue weighted by molar-refractivity contribution is 5.36. The van der Waals surface area contributed by atoms with E-state index in [-0.39, 0.29) is 6.04 Å². The van der Waals surface area contributed by atoms with Gasteiger partial charge in [0.15, 0.2) is 0 Å². The molecule has 0 saturated carbocycles. The van der Waals surface area contributed by atoms with E-state index in [0.29, 0.717) is 17.9 Å². The molecule has 1 aromatic carbocycles. The Labute approximate surface area is 128 Å². The van der Waals surface area contributed by atoms with Gasteiger partial charge in [-0.05, 0) is 48.8 Å². The number of fused-ring (bicyclic) bond motifs is 1. The highest BCUT2D eigenvalue weighted by Crippen LogP contribution is 2.39. The van der Waals surface area contributed by atoms with Crippen LogP contribution in [0.3, 0.4) is 0 Å². The third-order valence-electron chi connectivity index (χ3n) is 5.32. The Bertz CT molecular complexity index is 474. The summed E-state index contributed by atoms with van der Waals surface area (Å²) in [6, 6.07) is 9.36. The van der Waals surface area contributed by atoms with Crippen molar-refractivity contribution in [2.75, 3.05) is 26.8 Å². The molecular formula is C18H28N2O. The Morgan fingerprint density at radius 2 is 2.05 bits per heavy atom. The first-order chi connectivity index (χ1) is 10.2. The van der Waals surface area contributed by atoms with Crippen LogP contribution in [0.5, 0.6) is 0 Å². The van der Waals surface area contributed by atoms with Crippen molar-refractivity contribution >= 4 is 0 Å². The molecule has 1 heterocycles. The minimum Gasteiger partial charge on any atom is -0.384 e. The zero-order valence-corrected chi connectivity index (χ0v) is 13.3. The second kappa shape index (κ2) is 6.47. The fourth-order valence-electron chi connectivity index (χ4n) is 4.25. The van der Waals surface area contributed by atoms with Crippen LogP contribution in [0, 0.1) is 5.92 Å². The largest absolute Gasteiger partial charge is 0.384 e. The zero-order chi connectivity index (χ0) is 14.8. The standard InChI is InChI=1S/C18H28N2O/c1-13-10-17(18(19)16-8-4-3-7-15(13)16)20-9-5-6-14(11-20)12-21-2/h3-4,7-8,13-14,17-18H,5-6,9-12,19H2,1-2H3. The molecule has 3 heteroatoms. The summed E-state index contributed by atoms with van der Waals surface area (Å²) in [6.45, 7) is 5.55. The number of ether oxygens (including phenoxy) is 1. The second-order valence-electron chi connectivity index (χ2n) is 6.82. The van der Waals surface area contributed by atoms with Crippen molar-refractivity contribution in [1.29, 1.82) is 0 Å². The molecule has 1 aliphatic carbocycles. The van der Waals surface area contributed by atoms with Gasteiger partial charge in [-0.2, -0.15) is 0 Å². The van der Waals surface area contributed by atoms with E-state index < -0.39 is 0 Å². The molecule has 0 amide bonds. The number of hydrogen-bond donors (Lipinski definition) is 1. The molecule has 1 saturated heterocycles. The summed E-state index contributed by atoms with van der Waals surface area (Å²) in [5.74, 6) is 1.28. The molecular weight excluding hydrogens is 260 g/mol. The van der Waals surface area contributed by atoms with Gasteiger partial charge in [0.05, 0.1) is 6.61 Å². The average Bonchev–Trinajstić information content (AvgIpc) is 2.51. The van der Waals surface area contributed by atoms with E-state index >= 15 is 0 Å². The Balaban J connectivity index is 1.77. The molecule has 0 bridgehead atoms. The summed E-state index contributed by atoms with van der Waals surface area (Å²) >= 11 is 0. The molecule has 2 N–H and O–H groups in total. The summed E-state index contributed by atoms with van der Waals surface area (Å²) in [6.07, 6.45) is 3.74. The van der Waals surface area contributed by atoms with E-state index in [1.807, 2.05) is 7.11 Å². The minimum atomic E-state index is 0.152. The molecule has 0 aromatic heterocycles. The lowest BCUT2D eigenvalue weighted by Gasteiger charge is -2.45. The molecule has 4 atom stereocenters. The number of rotatable bonds is 3. The van der Waals surface area contributed by atoms with E-state index in [0.717, 1.165) is 13.2 Å². The number of likely N-dealkylation sites (tertiary alicyclic amines) is 1. The predicted octanol–water partition coefficient (Wildman–Crippen LogP) is 2.92. The molecule has 116 valence electrons. The van der Waals surface area contributed by atoms with Crippen LogP contribution in [-0.4, -0.2) is 37.7 Å². The fourth-order valence-corrected chi connectivity index (χ4v) is 4.25. The van der Waals surface area contributed by atoms with E-state index in [1.54, 1.807) is 0 Å². The fraction of sp³-hybridized carbons (Fsp3) is 0.667. The third-order valence-corrected chi connectivity index (χ3v) is 5.32. The van der Waals surface area contributed by atoms with Crippen LogP contribution in [0.1, 0.15) is 49.3 Å². The van der Waals surface area contributed by atoms with Crippen LogP contribution < -0.4 is 5.73 Å². The van der Waals surface area contributed by atoms with Gasteiger partial charge >= 0.3 is 0 Å². The Hall–Kier alpha value is -0.900. The third kappa shape index (κ3) is 3.01. The Morgan fingerprint density at radius 1 is 1.29 bits per heavy atom. The van der Waals surface area contributed by atoms with Crippen molar-refractivity contribution in [1.82, 2.24) is 4.90 Å². The highest BCUT2D eigenvalue weighted by Gasteiger charge is 2.36. The number of nitrogens with zero attached hydrogens (tertiary/aromatic N) is 1. The van der Waals surface area contributed by atoms with Gasteiger partial charge in [-0.1, -0.05) is 31.2 Å². The monoisotopic (exact) mass is 288 g/mol. The topological polar surface area (TPSA) is 38.5 Å². The lowest BCUT2D eigenvalue weighted by molar-refractivity contribution is 0.0531. The molecule has 1 aliphatic heterocycles. The molecule has 1 fully saturated rings. The predicted molar refractivity (Wildman–Crippen MR) is 86.4 cm³/mol. The van der Waals surface area contributed by atoms with Gasteiger partial charge in [0.25, 0.3) is 0 Å². The maximum Gasteiger partial charge on any atom is 0.0502 e. The molecule has 3 rings (SSSR count). The van der Waals surface area contributed by atoms with Crippen LogP contribution in [0.15, 0.2) is 24.3 Å². The Kier molecular flexibility index (Phi) is 4.63. The molecule has 2 aliphatic rings. The Morgan fingerprint density at radius 3 is 2.81 bits per heavy atom. The van der Waals surface area contributed by atoms with Crippen LogP contribution in [0.25, 0.3) is 0 Å². The maximum atomic E-state index is 6.63. The van der Waals surface area contributed by atoms with Gasteiger partial charge < -0.3 is 10.5 Å². The molecule has 0 radical (unpaired) electrons. The highest BCUT2D eigenvalue weighted by atomic mass is 16.5. The number of hydrogen-bond acceptors (Lipinski definition) is 3. The van der Waals surface area contributed by atoms with Crippen molar-refractivity contribution in [2.24, 2.45) is 11.7 Å². The van der Waals surface area contributed by atoms with Crippen LogP contribution in [-0.2, 0) is 4.74 Å². The van der Waals surface area contributed by atoms with Gasteiger partial charge in [-0.25, -0.2) is 0 Å². The van der Waals surface area contributed by atoms with Crippen molar-refractivity contribution in [3.63, 3.8) is 0 Å². The zero-order valence-electron chi connectivity index (χ0n) is 13.3. The lowest BCUT2D eigenvalue weighted by Crippen LogP contribution is -2.50. The van der Waals surface area contributed by atoms with Gasteiger partial charge in [-0.15, -0.1) is 0 Å². The first-order valence-corrected chi connectivity index (χ1v) is 8.28. The van der Waals surface area contributed by atoms with Gasteiger partial charge in [0.2, 0.25) is 0 Å². The average molecular weight is 288 g/mol.